The second kappa shape index (κ2) is 8.12. The molecule has 1 heteroatoms. The summed E-state index contributed by atoms with van der Waals surface area (Å²) in [5.41, 5.74) is 12.7. The van der Waals surface area contributed by atoms with Gasteiger partial charge in [-0.05, 0) is 0 Å². The van der Waals surface area contributed by atoms with Crippen LogP contribution in [0.5, 0.6) is 0 Å². The van der Waals surface area contributed by atoms with Crippen LogP contribution in [0.2, 0.25) is 3.63 Å². The first-order valence-corrected chi connectivity index (χ1v) is 16.9. The second-order valence-electron chi connectivity index (χ2n) is 12.6. The average molecular weight is 516 g/mol. The standard InChI is InChI=1S/C23H29.C5H5.C4H6.Zr/c1-14-9-16-11-17-10-15(2)21(23(6,7)8)13-19(17)18(16)12-20(14)22(3,4)5;1-2-4-5-3-1;1-2-4-3-1;/h9-13H,1-8H3;1-5H;1-3H2;. The van der Waals surface area contributed by atoms with E-state index in [1.807, 2.05) is 3.21 Å². The molecule has 33 heavy (non-hydrogen) atoms. The summed E-state index contributed by atoms with van der Waals surface area (Å²) in [5, 5.41) is 0. The van der Waals surface area contributed by atoms with E-state index >= 15 is 0 Å². The second-order valence-corrected chi connectivity index (χ2v) is 19.7. The predicted molar refractivity (Wildman–Crippen MR) is 141 cm³/mol. The quantitative estimate of drug-likeness (QED) is 0.375. The van der Waals surface area contributed by atoms with Gasteiger partial charge in [-0.1, -0.05) is 0 Å². The molecule has 0 N–H and O–H groups in total. The van der Waals surface area contributed by atoms with Crippen LogP contribution in [0.1, 0.15) is 97.8 Å². The van der Waals surface area contributed by atoms with E-state index < -0.39 is 21.3 Å². The molecule has 0 spiro atoms. The summed E-state index contributed by atoms with van der Waals surface area (Å²) in [4.78, 5) is 0. The van der Waals surface area contributed by atoms with Gasteiger partial charge in [-0.25, -0.2) is 0 Å². The van der Waals surface area contributed by atoms with E-state index in [1.54, 1.807) is 22.3 Å². The Kier molecular flexibility index (Phi) is 5.76. The van der Waals surface area contributed by atoms with Crippen molar-refractivity contribution in [1.82, 2.24) is 0 Å². The number of benzene rings is 2. The first kappa shape index (κ1) is 23.4. The van der Waals surface area contributed by atoms with Crippen molar-refractivity contribution < 1.29 is 21.3 Å². The molecule has 0 aromatic heterocycles. The zero-order valence-corrected chi connectivity index (χ0v) is 24.4. The number of allylic oxidation sites excluding steroid dienone is 4. The molecule has 0 aliphatic heterocycles. The molecule has 1 fully saturated rings. The van der Waals surface area contributed by atoms with Crippen molar-refractivity contribution in [2.75, 3.05) is 0 Å². The van der Waals surface area contributed by atoms with E-state index in [1.165, 1.54) is 41.5 Å². The molecule has 0 atom stereocenters. The molecule has 2 aromatic rings. The SMILES string of the molecule is Cc1cc2c(cc1C(C)(C)C)-c1cc(C(C)(C)C)c(C)cc1[CH]2[Zr](=[C]1CCC1)[CH]1C=CC=C1. The number of rotatable bonds is 2. The van der Waals surface area contributed by atoms with Crippen LogP contribution in [0.25, 0.3) is 11.1 Å². The Balaban J connectivity index is 1.82. The van der Waals surface area contributed by atoms with Crippen LogP contribution < -0.4 is 0 Å². The van der Waals surface area contributed by atoms with Gasteiger partial charge >= 0.3 is 210 Å². The Morgan fingerprint density at radius 3 is 1.52 bits per heavy atom. The molecule has 0 saturated heterocycles. The van der Waals surface area contributed by atoms with E-state index in [4.69, 9.17) is 0 Å². The van der Waals surface area contributed by atoms with Crippen molar-refractivity contribution in [2.24, 2.45) is 0 Å². The maximum absolute atomic E-state index is 2.61. The van der Waals surface area contributed by atoms with Crippen LogP contribution in [0.15, 0.2) is 48.6 Å². The molecule has 0 amide bonds. The minimum atomic E-state index is -1.99. The number of hydrogen-bond acceptors (Lipinski definition) is 0. The van der Waals surface area contributed by atoms with Crippen molar-refractivity contribution in [2.45, 2.75) is 92.7 Å². The Hall–Kier alpha value is -1.33. The predicted octanol–water partition coefficient (Wildman–Crippen LogP) is 8.86. The third-order valence-corrected chi connectivity index (χ3v) is 17.1. The summed E-state index contributed by atoms with van der Waals surface area (Å²) in [5.74, 6) is 0. The molecule has 3 aliphatic carbocycles. The third-order valence-electron chi connectivity index (χ3n) is 8.10. The van der Waals surface area contributed by atoms with Gasteiger partial charge < -0.3 is 0 Å². The zero-order valence-electron chi connectivity index (χ0n) is 21.9. The fourth-order valence-electron chi connectivity index (χ4n) is 6.44. The van der Waals surface area contributed by atoms with Gasteiger partial charge in [-0.15, -0.1) is 0 Å². The molecule has 1 saturated carbocycles. The summed E-state index contributed by atoms with van der Waals surface area (Å²) >= 11 is -1.99. The Morgan fingerprint density at radius 1 is 0.697 bits per heavy atom. The van der Waals surface area contributed by atoms with E-state index in [0.29, 0.717) is 3.63 Å². The first-order chi connectivity index (χ1) is 15.5. The van der Waals surface area contributed by atoms with Crippen LogP contribution in [0, 0.1) is 13.8 Å². The van der Waals surface area contributed by atoms with Gasteiger partial charge in [0.2, 0.25) is 0 Å². The van der Waals surface area contributed by atoms with Crippen molar-refractivity contribution in [3.8, 4) is 11.1 Å². The summed E-state index contributed by atoms with van der Waals surface area (Å²) in [6.45, 7) is 18.9. The van der Waals surface area contributed by atoms with Gasteiger partial charge in [-0.2, -0.15) is 0 Å². The molecule has 0 radical (unpaired) electrons. The van der Waals surface area contributed by atoms with Gasteiger partial charge in [0.05, 0.1) is 0 Å². The molecule has 172 valence electrons. The van der Waals surface area contributed by atoms with Gasteiger partial charge in [0.15, 0.2) is 0 Å². The minimum absolute atomic E-state index is 0.163. The summed E-state index contributed by atoms with van der Waals surface area (Å²) in [6, 6.07) is 10.4. The van der Waals surface area contributed by atoms with Crippen LogP contribution in [0.3, 0.4) is 0 Å². The molecular formula is C32H40Zr. The van der Waals surface area contributed by atoms with Crippen LogP contribution in [-0.4, -0.2) is 3.21 Å². The first-order valence-electron chi connectivity index (χ1n) is 12.8. The third kappa shape index (κ3) is 3.97. The van der Waals surface area contributed by atoms with Gasteiger partial charge in [-0.3, -0.25) is 0 Å². The van der Waals surface area contributed by atoms with E-state index in [0.717, 1.165) is 3.63 Å². The summed E-state index contributed by atoms with van der Waals surface area (Å²) < 4.78 is 3.36. The van der Waals surface area contributed by atoms with E-state index in [-0.39, 0.29) is 10.8 Å². The zero-order chi connectivity index (χ0) is 23.7. The van der Waals surface area contributed by atoms with Crippen molar-refractivity contribution in [1.29, 1.82) is 0 Å². The molecule has 0 bridgehead atoms. The molecule has 0 heterocycles. The molecule has 2 aromatic carbocycles. The van der Waals surface area contributed by atoms with Crippen LogP contribution in [0.4, 0.5) is 0 Å². The average Bonchev–Trinajstić information content (AvgIpc) is 3.28. The number of aryl methyl sites for hydroxylation is 2. The molecule has 0 unspecified atom stereocenters. The normalized spacial score (nSPS) is 18.0. The van der Waals surface area contributed by atoms with E-state index in [9.17, 15) is 0 Å². The maximum atomic E-state index is 2.61. The van der Waals surface area contributed by atoms with Crippen LogP contribution >= 0.6 is 0 Å². The fourth-order valence-corrected chi connectivity index (χ4v) is 16.2. The molecular weight excluding hydrogens is 476 g/mol. The number of hydrogen-bond donors (Lipinski definition) is 0. The van der Waals surface area contributed by atoms with Gasteiger partial charge in [0.25, 0.3) is 0 Å². The van der Waals surface area contributed by atoms with Crippen molar-refractivity contribution in [3.63, 3.8) is 0 Å². The molecule has 3 aliphatic rings. The Bertz CT molecular complexity index is 1130. The fraction of sp³-hybridized carbons (Fsp3) is 0.469. The van der Waals surface area contributed by atoms with Crippen molar-refractivity contribution in [3.05, 3.63) is 82.0 Å². The Morgan fingerprint density at radius 2 is 1.15 bits per heavy atom. The summed E-state index contributed by atoms with van der Waals surface area (Å²) in [6.07, 6.45) is 13.9. The molecule has 5 rings (SSSR count). The molecule has 0 nitrogen and oxygen atoms in total. The summed E-state index contributed by atoms with van der Waals surface area (Å²) in [7, 11) is 0. The number of fused-ring (bicyclic) bond motifs is 3. The van der Waals surface area contributed by atoms with Gasteiger partial charge in [0.1, 0.15) is 0 Å². The van der Waals surface area contributed by atoms with E-state index in [2.05, 4.69) is 104 Å². The Labute approximate surface area is 209 Å². The van der Waals surface area contributed by atoms with Crippen molar-refractivity contribution >= 4 is 3.21 Å². The monoisotopic (exact) mass is 514 g/mol. The topological polar surface area (TPSA) is 0 Å². The van der Waals surface area contributed by atoms with Crippen LogP contribution in [-0.2, 0) is 32.1 Å². The van der Waals surface area contributed by atoms with Gasteiger partial charge in [0, 0.05) is 0 Å².